The molecule has 0 aliphatic heterocycles. The van der Waals surface area contributed by atoms with Crippen LogP contribution in [-0.2, 0) is 11.3 Å². The van der Waals surface area contributed by atoms with Crippen LogP contribution in [0.5, 0.6) is 0 Å². The Hall–Kier alpha value is -2.62. The number of anilines is 1. The Labute approximate surface area is 161 Å². The lowest BCUT2D eigenvalue weighted by atomic mass is 9.88. The minimum Gasteiger partial charge on any atom is -0.352 e. The number of hydrogen-bond donors (Lipinski definition) is 2. The monoisotopic (exact) mass is 364 g/mol. The van der Waals surface area contributed by atoms with Crippen LogP contribution in [0.4, 0.5) is 5.69 Å². The van der Waals surface area contributed by atoms with Gasteiger partial charge in [0.05, 0.1) is 0 Å². The molecule has 0 heterocycles. The van der Waals surface area contributed by atoms with Crippen molar-refractivity contribution in [1.29, 1.82) is 0 Å². The van der Waals surface area contributed by atoms with Crippen LogP contribution in [0.3, 0.4) is 0 Å². The van der Waals surface area contributed by atoms with Gasteiger partial charge < -0.3 is 10.6 Å². The molecule has 0 radical (unpaired) electrons. The van der Waals surface area contributed by atoms with Crippen molar-refractivity contribution in [2.24, 2.45) is 5.92 Å². The lowest BCUT2D eigenvalue weighted by Gasteiger charge is -2.20. The number of aryl methyl sites for hydroxylation is 2. The van der Waals surface area contributed by atoms with E-state index in [2.05, 4.69) is 10.6 Å². The maximum Gasteiger partial charge on any atom is 0.255 e. The third kappa shape index (κ3) is 5.19. The molecule has 1 fully saturated rings. The largest absolute Gasteiger partial charge is 0.352 e. The summed E-state index contributed by atoms with van der Waals surface area (Å²) in [6.45, 7) is 4.53. The van der Waals surface area contributed by atoms with Gasteiger partial charge in [-0.2, -0.15) is 0 Å². The highest BCUT2D eigenvalue weighted by molar-refractivity contribution is 6.04. The maximum atomic E-state index is 12.5. The zero-order valence-corrected chi connectivity index (χ0v) is 16.2. The lowest BCUT2D eigenvalue weighted by Crippen LogP contribution is -2.31. The van der Waals surface area contributed by atoms with Crippen LogP contribution < -0.4 is 10.6 Å². The summed E-state index contributed by atoms with van der Waals surface area (Å²) in [6, 6.07) is 13.4. The quantitative estimate of drug-likeness (QED) is 0.804. The first kappa shape index (κ1) is 19.2. The topological polar surface area (TPSA) is 58.2 Å². The van der Waals surface area contributed by atoms with E-state index in [0.29, 0.717) is 12.1 Å². The fourth-order valence-corrected chi connectivity index (χ4v) is 3.62. The van der Waals surface area contributed by atoms with Crippen molar-refractivity contribution >= 4 is 17.5 Å². The van der Waals surface area contributed by atoms with Crippen molar-refractivity contribution in [3.8, 4) is 0 Å². The zero-order valence-electron chi connectivity index (χ0n) is 16.2. The highest BCUT2D eigenvalue weighted by atomic mass is 16.2. The van der Waals surface area contributed by atoms with Gasteiger partial charge in [0, 0.05) is 23.7 Å². The van der Waals surface area contributed by atoms with E-state index in [1.54, 1.807) is 12.1 Å². The summed E-state index contributed by atoms with van der Waals surface area (Å²) in [7, 11) is 0. The van der Waals surface area contributed by atoms with Crippen molar-refractivity contribution in [2.75, 3.05) is 5.32 Å². The Bertz CT molecular complexity index is 806. The van der Waals surface area contributed by atoms with Gasteiger partial charge in [0.2, 0.25) is 5.91 Å². The second-order valence-electron chi connectivity index (χ2n) is 7.52. The van der Waals surface area contributed by atoms with E-state index in [-0.39, 0.29) is 17.7 Å². The molecule has 0 spiro atoms. The van der Waals surface area contributed by atoms with Gasteiger partial charge in [-0.3, -0.25) is 9.59 Å². The summed E-state index contributed by atoms with van der Waals surface area (Å²) in [5.41, 5.74) is 4.66. The van der Waals surface area contributed by atoms with Crippen molar-refractivity contribution < 1.29 is 9.59 Å². The molecular formula is C23H28N2O2. The van der Waals surface area contributed by atoms with Crippen molar-refractivity contribution in [3.05, 3.63) is 64.7 Å². The van der Waals surface area contributed by atoms with Crippen LogP contribution in [0, 0.1) is 19.8 Å². The molecule has 2 aromatic carbocycles. The minimum absolute atomic E-state index is 0.125. The van der Waals surface area contributed by atoms with E-state index in [0.717, 1.165) is 42.5 Å². The van der Waals surface area contributed by atoms with Crippen LogP contribution >= 0.6 is 0 Å². The molecule has 1 aliphatic carbocycles. The molecule has 2 aromatic rings. The van der Waals surface area contributed by atoms with Crippen molar-refractivity contribution in [3.63, 3.8) is 0 Å². The van der Waals surface area contributed by atoms with Crippen LogP contribution in [0.15, 0.2) is 42.5 Å². The van der Waals surface area contributed by atoms with E-state index >= 15 is 0 Å². The molecule has 3 rings (SSSR count). The van der Waals surface area contributed by atoms with Gasteiger partial charge in [0.1, 0.15) is 0 Å². The SMILES string of the molecule is Cc1ccc(NC(=O)c2ccc(CNC(=O)C3CCCCC3)cc2)c(C)c1. The third-order valence-electron chi connectivity index (χ3n) is 5.29. The van der Waals surface area contributed by atoms with Gasteiger partial charge in [0.25, 0.3) is 5.91 Å². The number of benzene rings is 2. The van der Waals surface area contributed by atoms with Gasteiger partial charge in [-0.1, -0.05) is 49.1 Å². The number of carbonyl (C=O) groups excluding carboxylic acids is 2. The summed E-state index contributed by atoms with van der Waals surface area (Å²) in [5.74, 6) is 0.202. The summed E-state index contributed by atoms with van der Waals surface area (Å²) in [6.07, 6.45) is 5.56. The maximum absolute atomic E-state index is 12.5. The molecular weight excluding hydrogens is 336 g/mol. The molecule has 27 heavy (non-hydrogen) atoms. The number of hydrogen-bond acceptors (Lipinski definition) is 2. The first-order valence-electron chi connectivity index (χ1n) is 9.78. The Kier molecular flexibility index (Phi) is 6.28. The van der Waals surface area contributed by atoms with Gasteiger partial charge >= 0.3 is 0 Å². The van der Waals surface area contributed by atoms with E-state index in [1.807, 2.05) is 44.2 Å². The zero-order chi connectivity index (χ0) is 19.2. The summed E-state index contributed by atoms with van der Waals surface area (Å²) >= 11 is 0. The van der Waals surface area contributed by atoms with Crippen molar-refractivity contribution in [2.45, 2.75) is 52.5 Å². The molecule has 0 aromatic heterocycles. The highest BCUT2D eigenvalue weighted by Gasteiger charge is 2.20. The molecule has 0 atom stereocenters. The Morgan fingerprint density at radius 3 is 2.33 bits per heavy atom. The minimum atomic E-state index is -0.125. The smallest absolute Gasteiger partial charge is 0.255 e. The van der Waals surface area contributed by atoms with Crippen LogP contribution in [0.2, 0.25) is 0 Å². The fraction of sp³-hybridized carbons (Fsp3) is 0.391. The lowest BCUT2D eigenvalue weighted by molar-refractivity contribution is -0.126. The summed E-state index contributed by atoms with van der Waals surface area (Å²) in [5, 5.41) is 5.99. The average molecular weight is 364 g/mol. The standard InChI is InChI=1S/C23H28N2O2/c1-16-8-13-21(17(2)14-16)25-23(27)20-11-9-18(10-12-20)15-24-22(26)19-6-4-3-5-7-19/h8-14,19H,3-7,15H2,1-2H3,(H,24,26)(H,25,27). The van der Waals surface area contributed by atoms with E-state index in [9.17, 15) is 9.59 Å². The molecule has 2 amide bonds. The van der Waals surface area contributed by atoms with Crippen LogP contribution in [0.1, 0.15) is 59.2 Å². The molecule has 4 heteroatoms. The van der Waals surface area contributed by atoms with E-state index in [1.165, 1.54) is 12.0 Å². The number of carbonyl (C=O) groups is 2. The molecule has 2 N–H and O–H groups in total. The van der Waals surface area contributed by atoms with Crippen LogP contribution in [-0.4, -0.2) is 11.8 Å². The Morgan fingerprint density at radius 1 is 0.963 bits per heavy atom. The molecule has 1 saturated carbocycles. The van der Waals surface area contributed by atoms with Crippen molar-refractivity contribution in [1.82, 2.24) is 5.32 Å². The fourth-order valence-electron chi connectivity index (χ4n) is 3.62. The van der Waals surface area contributed by atoms with Gasteiger partial charge in [-0.25, -0.2) is 0 Å². The van der Waals surface area contributed by atoms with E-state index in [4.69, 9.17) is 0 Å². The third-order valence-corrected chi connectivity index (χ3v) is 5.29. The summed E-state index contributed by atoms with van der Waals surface area (Å²) in [4.78, 5) is 24.7. The number of amides is 2. The Morgan fingerprint density at radius 2 is 1.67 bits per heavy atom. The Balaban J connectivity index is 1.54. The van der Waals surface area contributed by atoms with E-state index < -0.39 is 0 Å². The molecule has 0 saturated heterocycles. The molecule has 142 valence electrons. The summed E-state index contributed by atoms with van der Waals surface area (Å²) < 4.78 is 0. The molecule has 0 unspecified atom stereocenters. The normalized spacial score (nSPS) is 14.6. The second-order valence-corrected chi connectivity index (χ2v) is 7.52. The predicted molar refractivity (Wildman–Crippen MR) is 109 cm³/mol. The first-order valence-corrected chi connectivity index (χ1v) is 9.78. The molecule has 1 aliphatic rings. The van der Waals surface area contributed by atoms with Gasteiger partial charge in [0.15, 0.2) is 0 Å². The molecule has 4 nitrogen and oxygen atoms in total. The average Bonchev–Trinajstić information content (AvgIpc) is 2.69. The van der Waals surface area contributed by atoms with Crippen LogP contribution in [0.25, 0.3) is 0 Å². The number of nitrogens with one attached hydrogen (secondary N) is 2. The number of rotatable bonds is 5. The van der Waals surface area contributed by atoms with Gasteiger partial charge in [-0.05, 0) is 56.0 Å². The second kappa shape index (κ2) is 8.85. The first-order chi connectivity index (χ1) is 13.0. The molecule has 0 bridgehead atoms. The van der Waals surface area contributed by atoms with Gasteiger partial charge in [-0.15, -0.1) is 0 Å². The predicted octanol–water partition coefficient (Wildman–Crippen LogP) is 4.75. The highest BCUT2D eigenvalue weighted by Crippen LogP contribution is 2.23.